The highest BCUT2D eigenvalue weighted by Crippen LogP contribution is 2.33. The summed E-state index contributed by atoms with van der Waals surface area (Å²) in [5.41, 5.74) is 2.12. The summed E-state index contributed by atoms with van der Waals surface area (Å²) < 4.78 is 5.72. The quantitative estimate of drug-likeness (QED) is 0.575. The second-order valence-electron chi connectivity index (χ2n) is 4.05. The number of methoxy groups -OCH3 is 1. The summed E-state index contributed by atoms with van der Waals surface area (Å²) in [5.74, 6) is 0. The monoisotopic (exact) mass is 276 g/mol. The molecule has 0 aliphatic heterocycles. The lowest BCUT2D eigenvalue weighted by Crippen LogP contribution is -2.27. The van der Waals surface area contributed by atoms with E-state index in [2.05, 4.69) is 44.3 Å². The van der Waals surface area contributed by atoms with Gasteiger partial charge < -0.3 is 4.74 Å². The summed E-state index contributed by atoms with van der Waals surface area (Å²) in [6, 6.07) is 8.41. The molecule has 1 nitrogen and oxygen atoms in total. The molecule has 0 N–H and O–H groups in total. The van der Waals surface area contributed by atoms with E-state index < -0.39 is 0 Å². The Balaban J connectivity index is 0. The molecule has 0 heterocycles. The predicted molar refractivity (Wildman–Crippen MR) is 92.2 cm³/mol. The molecule has 0 aromatic heterocycles. The van der Waals surface area contributed by atoms with Crippen molar-refractivity contribution in [1.29, 1.82) is 0 Å². The SMILES string of the molecule is C=CCC(CC=C)(OC)c1cccc(C)c1.CC.CC. The minimum atomic E-state index is -0.310. The Kier molecular flexibility index (Phi) is 13.3. The van der Waals surface area contributed by atoms with Crippen LogP contribution in [0.2, 0.25) is 0 Å². The number of ether oxygens (including phenoxy) is 1. The highest BCUT2D eigenvalue weighted by Gasteiger charge is 2.29. The summed E-state index contributed by atoms with van der Waals surface area (Å²) in [4.78, 5) is 0. The van der Waals surface area contributed by atoms with E-state index in [9.17, 15) is 0 Å². The zero-order chi connectivity index (χ0) is 16.0. The third-order valence-corrected chi connectivity index (χ3v) is 2.88. The zero-order valence-electron chi connectivity index (χ0n) is 14.2. The fraction of sp³-hybridized carbons (Fsp3) is 0.474. The molecule has 0 bridgehead atoms. The molecule has 0 amide bonds. The Labute approximate surface area is 126 Å². The van der Waals surface area contributed by atoms with Gasteiger partial charge in [0.05, 0.1) is 5.60 Å². The molecule has 0 fully saturated rings. The van der Waals surface area contributed by atoms with Crippen molar-refractivity contribution < 1.29 is 4.74 Å². The first-order chi connectivity index (χ1) is 9.68. The summed E-state index contributed by atoms with van der Waals surface area (Å²) in [5, 5.41) is 0. The van der Waals surface area contributed by atoms with E-state index in [1.165, 1.54) is 11.1 Å². The molecule has 0 aliphatic carbocycles. The van der Waals surface area contributed by atoms with Crippen LogP contribution in [0.15, 0.2) is 49.6 Å². The Morgan fingerprint density at radius 1 is 1.05 bits per heavy atom. The highest BCUT2D eigenvalue weighted by atomic mass is 16.5. The van der Waals surface area contributed by atoms with Gasteiger partial charge in [-0.15, -0.1) is 13.2 Å². The smallest absolute Gasteiger partial charge is 0.0995 e. The first kappa shape index (κ1) is 21.0. The van der Waals surface area contributed by atoms with E-state index in [0.717, 1.165) is 12.8 Å². The van der Waals surface area contributed by atoms with Crippen LogP contribution < -0.4 is 0 Å². The number of hydrogen-bond donors (Lipinski definition) is 0. The molecule has 0 aliphatic rings. The molecule has 1 aromatic carbocycles. The Hall–Kier alpha value is -1.34. The molecule has 0 radical (unpaired) electrons. The number of benzene rings is 1. The summed E-state index contributed by atoms with van der Waals surface area (Å²) in [6.07, 6.45) is 5.38. The number of aryl methyl sites for hydroxylation is 1. The molecule has 0 atom stereocenters. The van der Waals surface area contributed by atoms with Crippen molar-refractivity contribution in [2.24, 2.45) is 0 Å². The van der Waals surface area contributed by atoms with E-state index in [4.69, 9.17) is 4.74 Å². The number of hydrogen-bond acceptors (Lipinski definition) is 1. The fourth-order valence-corrected chi connectivity index (χ4v) is 2.00. The van der Waals surface area contributed by atoms with Crippen molar-refractivity contribution in [3.63, 3.8) is 0 Å². The predicted octanol–water partition coefficient (Wildman–Crippen LogP) is 6.04. The Morgan fingerprint density at radius 3 is 1.90 bits per heavy atom. The second kappa shape index (κ2) is 12.7. The van der Waals surface area contributed by atoms with Crippen LogP contribution in [0.4, 0.5) is 0 Å². The summed E-state index contributed by atoms with van der Waals surface area (Å²) >= 11 is 0. The van der Waals surface area contributed by atoms with Crippen molar-refractivity contribution in [2.75, 3.05) is 7.11 Å². The van der Waals surface area contributed by atoms with E-state index in [1.807, 2.05) is 39.8 Å². The van der Waals surface area contributed by atoms with Crippen molar-refractivity contribution in [1.82, 2.24) is 0 Å². The van der Waals surface area contributed by atoms with Gasteiger partial charge in [0.1, 0.15) is 0 Å². The maximum absolute atomic E-state index is 5.72. The first-order valence-electron chi connectivity index (χ1n) is 7.52. The average Bonchev–Trinajstić information content (AvgIpc) is 2.51. The molecule has 114 valence electrons. The molecule has 20 heavy (non-hydrogen) atoms. The topological polar surface area (TPSA) is 9.23 Å². The van der Waals surface area contributed by atoms with Crippen LogP contribution in [-0.2, 0) is 10.3 Å². The van der Waals surface area contributed by atoms with Gasteiger partial charge in [-0.05, 0) is 25.3 Å². The van der Waals surface area contributed by atoms with Gasteiger partial charge in [-0.3, -0.25) is 0 Å². The molecular formula is C19H32O. The lowest BCUT2D eigenvalue weighted by atomic mass is 9.86. The fourth-order valence-electron chi connectivity index (χ4n) is 2.00. The van der Waals surface area contributed by atoms with Crippen LogP contribution >= 0.6 is 0 Å². The van der Waals surface area contributed by atoms with Crippen LogP contribution in [0, 0.1) is 6.92 Å². The summed E-state index contributed by atoms with van der Waals surface area (Å²) in [6.45, 7) is 17.7. The second-order valence-corrected chi connectivity index (χ2v) is 4.05. The van der Waals surface area contributed by atoms with Crippen LogP contribution in [0.25, 0.3) is 0 Å². The maximum Gasteiger partial charge on any atom is 0.0995 e. The average molecular weight is 276 g/mol. The maximum atomic E-state index is 5.72. The van der Waals surface area contributed by atoms with E-state index in [-0.39, 0.29) is 5.60 Å². The van der Waals surface area contributed by atoms with E-state index in [0.29, 0.717) is 0 Å². The summed E-state index contributed by atoms with van der Waals surface area (Å²) in [7, 11) is 1.75. The van der Waals surface area contributed by atoms with E-state index in [1.54, 1.807) is 7.11 Å². The third kappa shape index (κ3) is 6.21. The van der Waals surface area contributed by atoms with Gasteiger partial charge in [0.2, 0.25) is 0 Å². The van der Waals surface area contributed by atoms with Crippen molar-refractivity contribution in [3.8, 4) is 0 Å². The lowest BCUT2D eigenvalue weighted by Gasteiger charge is -2.31. The van der Waals surface area contributed by atoms with Crippen molar-refractivity contribution in [3.05, 3.63) is 60.7 Å². The minimum absolute atomic E-state index is 0.310. The third-order valence-electron chi connectivity index (χ3n) is 2.88. The molecule has 0 spiro atoms. The first-order valence-corrected chi connectivity index (χ1v) is 7.52. The van der Waals surface area contributed by atoms with Gasteiger partial charge in [0.15, 0.2) is 0 Å². The van der Waals surface area contributed by atoms with Crippen LogP contribution in [0.3, 0.4) is 0 Å². The van der Waals surface area contributed by atoms with Gasteiger partial charge in [-0.2, -0.15) is 0 Å². The van der Waals surface area contributed by atoms with E-state index >= 15 is 0 Å². The number of rotatable bonds is 6. The zero-order valence-corrected chi connectivity index (χ0v) is 14.2. The van der Waals surface area contributed by atoms with Crippen LogP contribution in [0.5, 0.6) is 0 Å². The van der Waals surface area contributed by atoms with Gasteiger partial charge >= 0.3 is 0 Å². The molecule has 1 rings (SSSR count). The largest absolute Gasteiger partial charge is 0.373 e. The van der Waals surface area contributed by atoms with Crippen molar-refractivity contribution in [2.45, 2.75) is 53.1 Å². The molecule has 0 saturated heterocycles. The Bertz CT molecular complexity index is 356. The molecule has 1 heteroatoms. The Morgan fingerprint density at radius 2 is 1.55 bits per heavy atom. The molecule has 0 unspecified atom stereocenters. The van der Waals surface area contributed by atoms with Crippen LogP contribution in [0.1, 0.15) is 51.7 Å². The normalized spacial score (nSPS) is 9.50. The van der Waals surface area contributed by atoms with Gasteiger partial charge in [-0.1, -0.05) is 69.7 Å². The standard InChI is InChI=1S/C15H20O.2C2H6/c1-5-10-15(16-4,11-6-2)14-9-7-8-13(3)12-14;2*1-2/h5-9,12H,1-2,10-11H2,3-4H3;2*1-2H3. The molecular weight excluding hydrogens is 244 g/mol. The van der Waals surface area contributed by atoms with Gasteiger partial charge in [0, 0.05) is 7.11 Å². The minimum Gasteiger partial charge on any atom is -0.373 e. The van der Waals surface area contributed by atoms with Crippen molar-refractivity contribution >= 4 is 0 Å². The van der Waals surface area contributed by atoms with Gasteiger partial charge in [0.25, 0.3) is 0 Å². The van der Waals surface area contributed by atoms with Gasteiger partial charge in [-0.25, -0.2) is 0 Å². The molecule has 0 saturated carbocycles. The van der Waals surface area contributed by atoms with Crippen LogP contribution in [-0.4, -0.2) is 7.11 Å². The molecule has 1 aromatic rings. The highest BCUT2D eigenvalue weighted by molar-refractivity contribution is 5.29. The lowest BCUT2D eigenvalue weighted by molar-refractivity contribution is -0.00993.